The average molecular weight is 537 g/mol. The van der Waals surface area contributed by atoms with E-state index in [0.717, 1.165) is 66.0 Å². The van der Waals surface area contributed by atoms with Crippen molar-refractivity contribution in [3.05, 3.63) is 66.5 Å². The Morgan fingerprint density at radius 2 is 1.82 bits per heavy atom. The fourth-order valence-corrected chi connectivity index (χ4v) is 8.16. The van der Waals surface area contributed by atoms with Crippen LogP contribution in [0.1, 0.15) is 50.1 Å². The van der Waals surface area contributed by atoms with Crippen molar-refractivity contribution in [3.8, 4) is 5.75 Å². The Morgan fingerprint density at radius 3 is 2.63 bits per heavy atom. The molecule has 0 spiro atoms. The molecule has 7 nitrogen and oxygen atoms in total. The number of sulfonamides is 1. The first kappa shape index (κ1) is 25.2. The lowest BCUT2D eigenvalue weighted by molar-refractivity contribution is 0.179. The fourth-order valence-electron chi connectivity index (χ4n) is 6.17. The molecule has 9 heteroatoms. The summed E-state index contributed by atoms with van der Waals surface area (Å²) in [4.78, 5) is 12.5. The number of pyridine rings is 2. The van der Waals surface area contributed by atoms with Gasteiger partial charge in [0, 0.05) is 59.7 Å². The van der Waals surface area contributed by atoms with Crippen LogP contribution in [0.3, 0.4) is 0 Å². The molecule has 1 saturated carbocycles. The van der Waals surface area contributed by atoms with Crippen LogP contribution in [0.25, 0.3) is 21.8 Å². The van der Waals surface area contributed by atoms with Crippen molar-refractivity contribution in [2.75, 3.05) is 25.4 Å². The molecule has 200 valence electrons. The van der Waals surface area contributed by atoms with Gasteiger partial charge >= 0.3 is 0 Å². The molecule has 1 N–H and O–H groups in total. The molecule has 1 aromatic carbocycles. The third-order valence-corrected chi connectivity index (χ3v) is 10.2. The van der Waals surface area contributed by atoms with E-state index in [4.69, 9.17) is 9.72 Å². The molecule has 0 bridgehead atoms. The van der Waals surface area contributed by atoms with Crippen molar-refractivity contribution in [3.63, 3.8) is 0 Å². The number of ether oxygens (including phenoxy) is 1. The van der Waals surface area contributed by atoms with Crippen LogP contribution in [0.2, 0.25) is 0 Å². The number of hydrogen-bond acceptors (Lipinski definition) is 5. The zero-order valence-electron chi connectivity index (χ0n) is 21.4. The van der Waals surface area contributed by atoms with Crippen molar-refractivity contribution in [2.24, 2.45) is 11.8 Å². The summed E-state index contributed by atoms with van der Waals surface area (Å²) in [7, 11) is -3.34. The highest BCUT2D eigenvalue weighted by molar-refractivity contribution is 7.89. The molecule has 3 aromatic heterocycles. The number of H-pyrrole nitrogens is 1. The number of rotatable bonds is 7. The van der Waals surface area contributed by atoms with E-state index in [2.05, 4.69) is 16.0 Å². The lowest BCUT2D eigenvalue weighted by Crippen LogP contribution is -2.43. The van der Waals surface area contributed by atoms with E-state index < -0.39 is 10.0 Å². The van der Waals surface area contributed by atoms with Crippen LogP contribution < -0.4 is 4.74 Å². The van der Waals surface area contributed by atoms with Gasteiger partial charge in [-0.25, -0.2) is 22.1 Å². The van der Waals surface area contributed by atoms with Crippen LogP contribution >= 0.6 is 0 Å². The molecule has 38 heavy (non-hydrogen) atoms. The van der Waals surface area contributed by atoms with Crippen LogP contribution in [0, 0.1) is 17.7 Å². The van der Waals surface area contributed by atoms with Gasteiger partial charge in [-0.1, -0.05) is 0 Å². The molecule has 0 radical (unpaired) electrons. The molecule has 4 aromatic rings. The number of fused-ring (bicyclic) bond motifs is 3. The first-order valence-corrected chi connectivity index (χ1v) is 15.1. The van der Waals surface area contributed by atoms with Crippen LogP contribution in [0.15, 0.2) is 55.0 Å². The third-order valence-electron chi connectivity index (χ3n) is 8.19. The van der Waals surface area contributed by atoms with E-state index >= 15 is 0 Å². The molecular weight excluding hydrogens is 503 g/mol. The SMILES string of the molecule is O=S(=O)(CC1CCC(c2nccc3cnc4[nH]ccc4c23)CC1)N1CCCC(COc2ccc(F)cc2)C1. The maximum absolute atomic E-state index is 13.4. The summed E-state index contributed by atoms with van der Waals surface area (Å²) < 4.78 is 47.4. The smallest absolute Gasteiger partial charge is 0.214 e. The van der Waals surface area contributed by atoms with E-state index in [9.17, 15) is 12.8 Å². The number of nitrogens with zero attached hydrogens (tertiary/aromatic N) is 3. The zero-order chi connectivity index (χ0) is 26.1. The summed E-state index contributed by atoms with van der Waals surface area (Å²) in [5.41, 5.74) is 1.98. The van der Waals surface area contributed by atoms with E-state index in [1.165, 1.54) is 12.1 Å². The van der Waals surface area contributed by atoms with Gasteiger partial charge in [-0.15, -0.1) is 0 Å². The molecule has 1 unspecified atom stereocenters. The monoisotopic (exact) mass is 536 g/mol. The summed E-state index contributed by atoms with van der Waals surface area (Å²) in [5, 5.41) is 3.35. The molecular formula is C29H33FN4O3S. The van der Waals surface area contributed by atoms with Crippen molar-refractivity contribution in [1.82, 2.24) is 19.3 Å². The highest BCUT2D eigenvalue weighted by Gasteiger charge is 2.33. The normalized spacial score (nSPS) is 23.1. The minimum absolute atomic E-state index is 0.136. The Kier molecular flexibility index (Phi) is 7.05. The van der Waals surface area contributed by atoms with Crippen molar-refractivity contribution in [2.45, 2.75) is 44.4 Å². The van der Waals surface area contributed by atoms with Crippen LogP contribution in [-0.2, 0) is 10.0 Å². The number of piperidine rings is 1. The molecule has 1 aliphatic heterocycles. The van der Waals surface area contributed by atoms with Crippen molar-refractivity contribution in [1.29, 1.82) is 0 Å². The van der Waals surface area contributed by atoms with Crippen LogP contribution in [0.5, 0.6) is 5.75 Å². The lowest BCUT2D eigenvalue weighted by atomic mass is 9.80. The van der Waals surface area contributed by atoms with E-state index in [-0.39, 0.29) is 23.4 Å². The van der Waals surface area contributed by atoms with Gasteiger partial charge in [0.05, 0.1) is 18.1 Å². The minimum atomic E-state index is -3.34. The zero-order valence-corrected chi connectivity index (χ0v) is 22.2. The Bertz CT molecular complexity index is 1510. The first-order chi connectivity index (χ1) is 18.5. The summed E-state index contributed by atoms with van der Waals surface area (Å²) in [6.07, 6.45) is 11.1. The molecule has 1 atom stereocenters. The van der Waals surface area contributed by atoms with Crippen molar-refractivity contribution < 1.29 is 17.5 Å². The summed E-state index contributed by atoms with van der Waals surface area (Å²) in [5.74, 6) is 1.14. The maximum atomic E-state index is 13.4. The summed E-state index contributed by atoms with van der Waals surface area (Å²) in [6, 6.07) is 10.0. The highest BCUT2D eigenvalue weighted by Crippen LogP contribution is 2.40. The molecule has 4 heterocycles. The Labute approximate surface area is 222 Å². The van der Waals surface area contributed by atoms with E-state index in [0.29, 0.717) is 31.4 Å². The van der Waals surface area contributed by atoms with E-state index in [1.54, 1.807) is 16.4 Å². The second-order valence-corrected chi connectivity index (χ2v) is 12.8. The van der Waals surface area contributed by atoms with Gasteiger partial charge in [-0.05, 0) is 80.8 Å². The first-order valence-electron chi connectivity index (χ1n) is 13.5. The number of nitrogens with one attached hydrogen (secondary N) is 1. The summed E-state index contributed by atoms with van der Waals surface area (Å²) in [6.45, 7) is 1.50. The topological polar surface area (TPSA) is 88.2 Å². The molecule has 0 amide bonds. The minimum Gasteiger partial charge on any atom is -0.493 e. The number of aromatic amines is 1. The number of aromatic nitrogens is 3. The predicted molar refractivity (Wildman–Crippen MR) is 146 cm³/mol. The predicted octanol–water partition coefficient (Wildman–Crippen LogP) is 5.64. The Hall–Kier alpha value is -3.04. The van der Waals surface area contributed by atoms with E-state index in [1.807, 2.05) is 24.7 Å². The van der Waals surface area contributed by atoms with Crippen LogP contribution in [0.4, 0.5) is 4.39 Å². The van der Waals surface area contributed by atoms with Crippen LogP contribution in [-0.4, -0.2) is 53.1 Å². The third kappa shape index (κ3) is 5.27. The fraction of sp³-hybridized carbons (Fsp3) is 0.448. The molecule has 6 rings (SSSR count). The molecule has 1 saturated heterocycles. The molecule has 1 aliphatic carbocycles. The number of halogens is 1. The lowest BCUT2D eigenvalue weighted by Gasteiger charge is -2.34. The average Bonchev–Trinajstić information content (AvgIpc) is 3.42. The highest BCUT2D eigenvalue weighted by atomic mass is 32.2. The van der Waals surface area contributed by atoms with Gasteiger partial charge in [0.2, 0.25) is 10.0 Å². The molecule has 2 fully saturated rings. The van der Waals surface area contributed by atoms with Gasteiger partial charge in [0.15, 0.2) is 0 Å². The largest absolute Gasteiger partial charge is 0.493 e. The van der Waals surface area contributed by atoms with Gasteiger partial charge < -0.3 is 9.72 Å². The standard InChI is InChI=1S/C29H33FN4O3S/c30-24-7-9-25(10-8-24)37-18-21-2-1-15-34(17-21)38(35,36)19-20-3-5-22(6-4-20)28-27-23(11-13-31-28)16-33-29-26(27)12-14-32-29/h7-14,16,20-22H,1-6,15,17-19H2,(H,32,33). The van der Waals surface area contributed by atoms with Gasteiger partial charge in [0.1, 0.15) is 17.2 Å². The molecule has 2 aliphatic rings. The van der Waals surface area contributed by atoms with Gasteiger partial charge in [0.25, 0.3) is 0 Å². The number of hydrogen-bond donors (Lipinski definition) is 1. The maximum Gasteiger partial charge on any atom is 0.214 e. The van der Waals surface area contributed by atoms with Gasteiger partial charge in [-0.3, -0.25) is 4.98 Å². The summed E-state index contributed by atoms with van der Waals surface area (Å²) >= 11 is 0. The van der Waals surface area contributed by atoms with Crippen molar-refractivity contribution >= 4 is 31.8 Å². The second-order valence-electron chi connectivity index (χ2n) is 10.8. The second kappa shape index (κ2) is 10.6. The Balaban J connectivity index is 1.07. The quantitative estimate of drug-likeness (QED) is 0.330. The van der Waals surface area contributed by atoms with Gasteiger partial charge in [-0.2, -0.15) is 0 Å². The number of benzene rings is 1. The Morgan fingerprint density at radius 1 is 1.00 bits per heavy atom.